The third-order valence-corrected chi connectivity index (χ3v) is 8.48. The van der Waals surface area contributed by atoms with E-state index in [9.17, 15) is 18.0 Å². The van der Waals surface area contributed by atoms with Crippen LogP contribution < -0.4 is 10.6 Å². The van der Waals surface area contributed by atoms with Gasteiger partial charge in [-0.3, -0.25) is 9.59 Å². The molecule has 28 heavy (non-hydrogen) atoms. The standard InChI is InChI=1S/C20H24N2O4S2/c1-14-8-10-15(11-9-14)17(28(25,26)18-7-4-12-27-18)13-21-19(23)20(24)22-16-5-2-3-6-16/h4,7-12,16-17H,2-3,5-6,13H2,1H3,(H,21,23)(H,22,24)/t17-/m1/s1. The number of sulfone groups is 1. The van der Waals surface area contributed by atoms with E-state index in [1.165, 1.54) is 0 Å². The van der Waals surface area contributed by atoms with Crippen LogP contribution in [-0.4, -0.2) is 32.8 Å². The molecule has 1 heterocycles. The second-order valence-corrected chi connectivity index (χ2v) is 10.3. The number of carbonyl (C=O) groups is 2. The van der Waals surface area contributed by atoms with E-state index in [0.717, 1.165) is 42.6 Å². The first-order chi connectivity index (χ1) is 13.4. The first-order valence-electron chi connectivity index (χ1n) is 9.30. The molecule has 3 rings (SSSR count). The molecule has 8 heteroatoms. The van der Waals surface area contributed by atoms with Crippen molar-refractivity contribution in [2.45, 2.75) is 48.1 Å². The second kappa shape index (κ2) is 8.87. The Bertz CT molecular complexity index is 916. The maximum Gasteiger partial charge on any atom is 0.309 e. The van der Waals surface area contributed by atoms with Gasteiger partial charge in [-0.2, -0.15) is 0 Å². The maximum atomic E-state index is 13.1. The molecule has 2 N–H and O–H groups in total. The molecule has 2 amide bonds. The quantitative estimate of drug-likeness (QED) is 0.703. The Hall–Kier alpha value is -2.19. The van der Waals surface area contributed by atoms with Crippen molar-refractivity contribution in [2.24, 2.45) is 0 Å². The average Bonchev–Trinajstić information content (AvgIpc) is 3.37. The van der Waals surface area contributed by atoms with Gasteiger partial charge in [0.15, 0.2) is 9.84 Å². The first-order valence-corrected chi connectivity index (χ1v) is 11.7. The smallest absolute Gasteiger partial charge is 0.309 e. The lowest BCUT2D eigenvalue weighted by atomic mass is 10.1. The first kappa shape index (κ1) is 20.5. The van der Waals surface area contributed by atoms with Gasteiger partial charge in [0, 0.05) is 12.6 Å². The molecule has 1 atom stereocenters. The molecule has 0 spiro atoms. The van der Waals surface area contributed by atoms with E-state index < -0.39 is 26.9 Å². The van der Waals surface area contributed by atoms with Crippen molar-refractivity contribution in [3.63, 3.8) is 0 Å². The van der Waals surface area contributed by atoms with Crippen LogP contribution in [0.3, 0.4) is 0 Å². The highest BCUT2D eigenvalue weighted by Crippen LogP contribution is 2.31. The monoisotopic (exact) mass is 420 g/mol. The Balaban J connectivity index is 1.75. The summed E-state index contributed by atoms with van der Waals surface area (Å²) in [5, 5.41) is 5.97. The molecule has 6 nitrogen and oxygen atoms in total. The molecule has 0 saturated heterocycles. The topological polar surface area (TPSA) is 92.3 Å². The zero-order valence-electron chi connectivity index (χ0n) is 15.7. The summed E-state index contributed by atoms with van der Waals surface area (Å²) in [7, 11) is -3.70. The van der Waals surface area contributed by atoms with Crippen molar-refractivity contribution in [3.05, 3.63) is 52.9 Å². The van der Waals surface area contributed by atoms with Crippen molar-refractivity contribution in [2.75, 3.05) is 6.54 Å². The minimum absolute atomic E-state index is 0.0287. The zero-order chi connectivity index (χ0) is 20.1. The molecule has 1 aromatic carbocycles. The SMILES string of the molecule is Cc1ccc([C@@H](CNC(=O)C(=O)NC2CCCC2)S(=O)(=O)c2cccs2)cc1. The average molecular weight is 421 g/mol. The molecular weight excluding hydrogens is 396 g/mol. The number of nitrogens with one attached hydrogen (secondary N) is 2. The van der Waals surface area contributed by atoms with Crippen LogP contribution in [-0.2, 0) is 19.4 Å². The van der Waals surface area contributed by atoms with Gasteiger partial charge in [0.25, 0.3) is 0 Å². The van der Waals surface area contributed by atoms with Gasteiger partial charge in [-0.1, -0.05) is 48.7 Å². The highest BCUT2D eigenvalue weighted by atomic mass is 32.2. The van der Waals surface area contributed by atoms with Crippen molar-refractivity contribution in [3.8, 4) is 0 Å². The fraction of sp³-hybridized carbons (Fsp3) is 0.400. The summed E-state index contributed by atoms with van der Waals surface area (Å²) in [5.74, 6) is -1.51. The van der Waals surface area contributed by atoms with Gasteiger partial charge >= 0.3 is 11.8 Å². The minimum Gasteiger partial charge on any atom is -0.346 e. The molecule has 1 saturated carbocycles. The zero-order valence-corrected chi connectivity index (χ0v) is 17.3. The summed E-state index contributed by atoms with van der Waals surface area (Å²) in [6, 6.07) is 10.4. The summed E-state index contributed by atoms with van der Waals surface area (Å²) in [4.78, 5) is 24.3. The van der Waals surface area contributed by atoms with Gasteiger partial charge in [-0.05, 0) is 36.8 Å². The Morgan fingerprint density at radius 3 is 2.39 bits per heavy atom. The normalized spacial score (nSPS) is 15.9. The second-order valence-electron chi connectivity index (χ2n) is 7.04. The molecule has 1 fully saturated rings. The molecule has 0 aliphatic heterocycles. The lowest BCUT2D eigenvalue weighted by Crippen LogP contribution is -2.45. The highest BCUT2D eigenvalue weighted by Gasteiger charge is 2.31. The van der Waals surface area contributed by atoms with E-state index in [1.54, 1.807) is 29.6 Å². The van der Waals surface area contributed by atoms with E-state index in [-0.39, 0.29) is 16.8 Å². The number of aryl methyl sites for hydroxylation is 1. The Labute approximate surface area is 169 Å². The number of carbonyl (C=O) groups excluding carboxylic acids is 2. The van der Waals surface area contributed by atoms with E-state index in [4.69, 9.17) is 0 Å². The van der Waals surface area contributed by atoms with Crippen molar-refractivity contribution >= 4 is 33.0 Å². The van der Waals surface area contributed by atoms with E-state index in [1.807, 2.05) is 19.1 Å². The van der Waals surface area contributed by atoms with Gasteiger partial charge in [-0.25, -0.2) is 8.42 Å². The number of hydrogen-bond donors (Lipinski definition) is 2. The van der Waals surface area contributed by atoms with Crippen LogP contribution in [0, 0.1) is 6.92 Å². The summed E-state index contributed by atoms with van der Waals surface area (Å²) in [6.07, 6.45) is 3.83. The van der Waals surface area contributed by atoms with E-state index >= 15 is 0 Å². The lowest BCUT2D eigenvalue weighted by molar-refractivity contribution is -0.139. The van der Waals surface area contributed by atoms with E-state index in [2.05, 4.69) is 10.6 Å². The largest absolute Gasteiger partial charge is 0.346 e. The lowest BCUT2D eigenvalue weighted by Gasteiger charge is -2.19. The van der Waals surface area contributed by atoms with Gasteiger partial charge in [0.2, 0.25) is 0 Å². The number of benzene rings is 1. The van der Waals surface area contributed by atoms with Gasteiger partial charge in [0.05, 0.1) is 0 Å². The van der Waals surface area contributed by atoms with Crippen LogP contribution in [0.2, 0.25) is 0 Å². The van der Waals surface area contributed by atoms with Crippen molar-refractivity contribution in [1.29, 1.82) is 0 Å². The minimum atomic E-state index is -3.70. The van der Waals surface area contributed by atoms with Crippen LogP contribution in [0.25, 0.3) is 0 Å². The molecule has 1 aliphatic carbocycles. The fourth-order valence-corrected chi connectivity index (χ4v) is 6.21. The summed E-state index contributed by atoms with van der Waals surface area (Å²) in [5.41, 5.74) is 1.59. The Morgan fingerprint density at radius 2 is 1.79 bits per heavy atom. The van der Waals surface area contributed by atoms with Crippen LogP contribution >= 0.6 is 11.3 Å². The Morgan fingerprint density at radius 1 is 1.11 bits per heavy atom. The van der Waals surface area contributed by atoms with Gasteiger partial charge in [-0.15, -0.1) is 11.3 Å². The molecule has 1 aliphatic rings. The number of thiophene rings is 1. The number of rotatable bonds is 6. The maximum absolute atomic E-state index is 13.1. The molecule has 0 radical (unpaired) electrons. The molecule has 0 unspecified atom stereocenters. The van der Waals surface area contributed by atoms with E-state index in [0.29, 0.717) is 5.56 Å². The van der Waals surface area contributed by atoms with Crippen molar-refractivity contribution in [1.82, 2.24) is 10.6 Å². The number of hydrogen-bond acceptors (Lipinski definition) is 5. The fourth-order valence-electron chi connectivity index (χ4n) is 3.34. The predicted molar refractivity (Wildman–Crippen MR) is 109 cm³/mol. The van der Waals surface area contributed by atoms with Gasteiger partial charge in [0.1, 0.15) is 9.46 Å². The van der Waals surface area contributed by atoms with Crippen LogP contribution in [0.5, 0.6) is 0 Å². The third-order valence-electron chi connectivity index (χ3n) is 4.94. The predicted octanol–water partition coefficient (Wildman–Crippen LogP) is 2.75. The summed E-state index contributed by atoms with van der Waals surface area (Å²) < 4.78 is 26.4. The number of amides is 2. The van der Waals surface area contributed by atoms with Gasteiger partial charge < -0.3 is 10.6 Å². The summed E-state index contributed by atoms with van der Waals surface area (Å²) >= 11 is 1.14. The molecule has 0 bridgehead atoms. The molecular formula is C20H24N2O4S2. The molecule has 2 aromatic rings. The third kappa shape index (κ3) is 4.80. The van der Waals surface area contributed by atoms with Crippen LogP contribution in [0.15, 0.2) is 46.0 Å². The van der Waals surface area contributed by atoms with Crippen LogP contribution in [0.1, 0.15) is 42.1 Å². The summed E-state index contributed by atoms with van der Waals surface area (Å²) in [6.45, 7) is 1.75. The molecule has 150 valence electrons. The highest BCUT2D eigenvalue weighted by molar-refractivity contribution is 7.93. The van der Waals surface area contributed by atoms with Crippen molar-refractivity contribution < 1.29 is 18.0 Å². The Kier molecular flexibility index (Phi) is 6.51. The molecule has 1 aromatic heterocycles. The van der Waals surface area contributed by atoms with Crippen LogP contribution in [0.4, 0.5) is 0 Å².